The quantitative estimate of drug-likeness (QED) is 0.893. The van der Waals surface area contributed by atoms with Crippen molar-refractivity contribution in [3.05, 3.63) is 41.1 Å². The average molecular weight is 293 g/mol. The van der Waals surface area contributed by atoms with Crippen molar-refractivity contribution in [2.75, 3.05) is 17.2 Å². The van der Waals surface area contributed by atoms with Gasteiger partial charge >= 0.3 is 0 Å². The third kappa shape index (κ3) is 2.63. The molecule has 2 heterocycles. The summed E-state index contributed by atoms with van der Waals surface area (Å²) in [5.41, 5.74) is 3.90. The third-order valence-corrected chi connectivity index (χ3v) is 3.32. The molecule has 6 heteroatoms. The molecule has 20 heavy (non-hydrogen) atoms. The molecule has 1 amide bonds. The highest BCUT2D eigenvalue weighted by Gasteiger charge is 2.14. The molecule has 0 atom stereocenters. The monoisotopic (exact) mass is 292 g/mol. The van der Waals surface area contributed by atoms with Crippen LogP contribution >= 0.6 is 12.4 Å². The van der Waals surface area contributed by atoms with Crippen LogP contribution in [0.1, 0.15) is 21.6 Å². The largest absolute Gasteiger partial charge is 0.384 e. The first kappa shape index (κ1) is 14.4. The van der Waals surface area contributed by atoms with E-state index in [-0.39, 0.29) is 18.3 Å². The first-order valence-electron chi connectivity index (χ1n) is 6.32. The molecule has 1 aromatic carbocycles. The number of aryl methyl sites for hydroxylation is 2. The maximum atomic E-state index is 12.2. The number of benzene rings is 1. The lowest BCUT2D eigenvalue weighted by atomic mass is 10.1. The van der Waals surface area contributed by atoms with Crippen molar-refractivity contribution in [3.8, 4) is 0 Å². The van der Waals surface area contributed by atoms with E-state index in [0.29, 0.717) is 11.4 Å². The van der Waals surface area contributed by atoms with Gasteiger partial charge < -0.3 is 10.6 Å². The maximum absolute atomic E-state index is 12.2. The number of hydrogen-bond donors (Lipinski definition) is 2. The van der Waals surface area contributed by atoms with E-state index in [9.17, 15) is 4.79 Å². The number of nitrogens with one attached hydrogen (secondary N) is 2. The van der Waals surface area contributed by atoms with Crippen molar-refractivity contribution < 1.29 is 4.79 Å². The van der Waals surface area contributed by atoms with Crippen molar-refractivity contribution in [1.82, 2.24) is 9.78 Å². The smallest absolute Gasteiger partial charge is 0.256 e. The van der Waals surface area contributed by atoms with Crippen LogP contribution in [-0.4, -0.2) is 22.2 Å². The lowest BCUT2D eigenvalue weighted by Crippen LogP contribution is -2.14. The van der Waals surface area contributed by atoms with Crippen molar-refractivity contribution in [2.24, 2.45) is 7.05 Å². The minimum absolute atomic E-state index is 0. The number of nitrogens with zero attached hydrogens (tertiary/aromatic N) is 2. The Balaban J connectivity index is 0.00000147. The van der Waals surface area contributed by atoms with Gasteiger partial charge in [-0.2, -0.15) is 5.10 Å². The standard InChI is InChI=1S/C14H16N4O.ClH/c1-9-7-13(18(2)17-9)16-14(19)11-3-4-12-10(8-11)5-6-15-12;/h3-4,7-8,15H,5-6H2,1-2H3,(H,16,19);1H. The fourth-order valence-electron chi connectivity index (χ4n) is 2.36. The molecule has 2 N–H and O–H groups in total. The lowest BCUT2D eigenvalue weighted by molar-refractivity contribution is 0.102. The molecule has 0 spiro atoms. The van der Waals surface area contributed by atoms with E-state index in [1.54, 1.807) is 4.68 Å². The zero-order chi connectivity index (χ0) is 13.4. The Morgan fingerprint density at radius 2 is 2.20 bits per heavy atom. The highest BCUT2D eigenvalue weighted by atomic mass is 35.5. The van der Waals surface area contributed by atoms with Crippen molar-refractivity contribution in [3.63, 3.8) is 0 Å². The molecule has 0 fully saturated rings. The summed E-state index contributed by atoms with van der Waals surface area (Å²) in [5, 5.41) is 10.4. The molecule has 1 aliphatic rings. The third-order valence-electron chi connectivity index (χ3n) is 3.32. The second kappa shape index (κ2) is 5.54. The summed E-state index contributed by atoms with van der Waals surface area (Å²) >= 11 is 0. The normalized spacial score (nSPS) is 12.3. The van der Waals surface area contributed by atoms with Crippen LogP contribution in [0.3, 0.4) is 0 Å². The van der Waals surface area contributed by atoms with Gasteiger partial charge in [-0.25, -0.2) is 0 Å². The van der Waals surface area contributed by atoms with Crippen molar-refractivity contribution >= 4 is 29.8 Å². The van der Waals surface area contributed by atoms with Gasteiger partial charge in [0.05, 0.1) is 5.69 Å². The van der Waals surface area contributed by atoms with Gasteiger partial charge in [-0.15, -0.1) is 12.4 Å². The van der Waals surface area contributed by atoms with E-state index in [2.05, 4.69) is 15.7 Å². The summed E-state index contributed by atoms with van der Waals surface area (Å²) < 4.78 is 1.67. The Morgan fingerprint density at radius 3 is 2.90 bits per heavy atom. The molecule has 0 aliphatic carbocycles. The molecule has 0 saturated carbocycles. The van der Waals surface area contributed by atoms with E-state index in [1.165, 1.54) is 5.56 Å². The molecule has 2 aromatic rings. The Labute approximate surface area is 123 Å². The van der Waals surface area contributed by atoms with Gasteiger partial charge in [0.25, 0.3) is 5.91 Å². The summed E-state index contributed by atoms with van der Waals surface area (Å²) in [6.45, 7) is 2.85. The number of hydrogen-bond acceptors (Lipinski definition) is 3. The maximum Gasteiger partial charge on any atom is 0.256 e. The first-order chi connectivity index (χ1) is 9.13. The van der Waals surface area contributed by atoms with Crippen molar-refractivity contribution in [1.29, 1.82) is 0 Å². The van der Waals surface area contributed by atoms with Crippen LogP contribution < -0.4 is 10.6 Å². The fourth-order valence-corrected chi connectivity index (χ4v) is 2.36. The van der Waals surface area contributed by atoms with Gasteiger partial charge in [0.2, 0.25) is 0 Å². The number of rotatable bonds is 2. The van der Waals surface area contributed by atoms with Gasteiger partial charge in [0.1, 0.15) is 5.82 Å². The Bertz CT molecular complexity index is 651. The Morgan fingerprint density at radius 1 is 1.40 bits per heavy atom. The molecule has 0 saturated heterocycles. The van der Waals surface area contributed by atoms with Gasteiger partial charge in [-0.3, -0.25) is 9.48 Å². The molecule has 5 nitrogen and oxygen atoms in total. The van der Waals surface area contributed by atoms with Crippen LogP contribution in [0, 0.1) is 6.92 Å². The van der Waals surface area contributed by atoms with Gasteiger partial charge in [-0.1, -0.05) is 0 Å². The molecule has 0 unspecified atom stereocenters. The van der Waals surface area contributed by atoms with Crippen LogP contribution in [0.5, 0.6) is 0 Å². The minimum Gasteiger partial charge on any atom is -0.384 e. The molecular formula is C14H17ClN4O. The zero-order valence-electron chi connectivity index (χ0n) is 11.4. The predicted molar refractivity (Wildman–Crippen MR) is 81.8 cm³/mol. The van der Waals surface area contributed by atoms with Crippen LogP contribution in [0.15, 0.2) is 24.3 Å². The molecule has 1 aliphatic heterocycles. The highest BCUT2D eigenvalue weighted by Crippen LogP contribution is 2.23. The molecule has 3 rings (SSSR count). The average Bonchev–Trinajstić information content (AvgIpc) is 2.95. The topological polar surface area (TPSA) is 59.0 Å². The molecule has 0 bridgehead atoms. The summed E-state index contributed by atoms with van der Waals surface area (Å²) in [4.78, 5) is 12.2. The molecular weight excluding hydrogens is 276 g/mol. The van der Waals surface area contributed by atoms with E-state index in [1.807, 2.05) is 38.2 Å². The highest BCUT2D eigenvalue weighted by molar-refractivity contribution is 6.04. The zero-order valence-corrected chi connectivity index (χ0v) is 12.3. The second-order valence-electron chi connectivity index (χ2n) is 4.80. The Hall–Kier alpha value is -2.01. The van der Waals surface area contributed by atoms with Gasteiger partial charge in [-0.05, 0) is 37.1 Å². The van der Waals surface area contributed by atoms with E-state index >= 15 is 0 Å². The molecule has 106 valence electrons. The summed E-state index contributed by atoms with van der Waals surface area (Å²) in [5.74, 6) is 0.610. The molecule has 1 aromatic heterocycles. The minimum atomic E-state index is -0.0994. The Kier molecular flexibility index (Phi) is 3.99. The number of aromatic nitrogens is 2. The van der Waals surface area contributed by atoms with Crippen LogP contribution in [0.2, 0.25) is 0 Å². The summed E-state index contributed by atoms with van der Waals surface area (Å²) in [7, 11) is 1.81. The van der Waals surface area contributed by atoms with Crippen LogP contribution in [-0.2, 0) is 13.5 Å². The SMILES string of the molecule is Cc1cc(NC(=O)c2ccc3c(c2)CCN3)n(C)n1.Cl. The summed E-state index contributed by atoms with van der Waals surface area (Å²) in [6, 6.07) is 7.61. The number of halogens is 1. The van der Waals surface area contributed by atoms with E-state index in [0.717, 1.165) is 24.3 Å². The second-order valence-corrected chi connectivity index (χ2v) is 4.80. The first-order valence-corrected chi connectivity index (χ1v) is 6.32. The lowest BCUT2D eigenvalue weighted by Gasteiger charge is -2.06. The number of fused-ring (bicyclic) bond motifs is 1. The number of carbonyl (C=O) groups excluding carboxylic acids is 1. The van der Waals surface area contributed by atoms with Crippen molar-refractivity contribution in [2.45, 2.75) is 13.3 Å². The van der Waals surface area contributed by atoms with Crippen LogP contribution in [0.25, 0.3) is 0 Å². The number of carbonyl (C=O) groups is 1. The van der Waals surface area contributed by atoms with E-state index in [4.69, 9.17) is 0 Å². The van der Waals surface area contributed by atoms with Gasteiger partial charge in [0.15, 0.2) is 0 Å². The number of amides is 1. The summed E-state index contributed by atoms with van der Waals surface area (Å²) in [6.07, 6.45) is 0.973. The predicted octanol–water partition coefficient (Wildman–Crippen LogP) is 2.37. The van der Waals surface area contributed by atoms with Gasteiger partial charge in [0, 0.05) is 30.9 Å². The van der Waals surface area contributed by atoms with Crippen LogP contribution in [0.4, 0.5) is 11.5 Å². The molecule has 0 radical (unpaired) electrons. The number of anilines is 2. The fraction of sp³-hybridized carbons (Fsp3) is 0.286. The van der Waals surface area contributed by atoms with E-state index < -0.39 is 0 Å².